The molecule has 1 saturated heterocycles. The van der Waals surface area contributed by atoms with Gasteiger partial charge >= 0.3 is 5.97 Å². The number of carbonyl (C=O) groups is 2. The van der Waals surface area contributed by atoms with E-state index < -0.39 is 15.8 Å². The molecule has 1 unspecified atom stereocenters. The Morgan fingerprint density at radius 3 is 2.25 bits per heavy atom. The minimum absolute atomic E-state index is 0.0381. The minimum Gasteiger partial charge on any atom is -0.481 e. The molecule has 0 radical (unpaired) electrons. The van der Waals surface area contributed by atoms with Crippen LogP contribution in [0.3, 0.4) is 0 Å². The molecule has 1 aliphatic heterocycles. The monoisotopic (exact) mass is 303 g/mol. The highest BCUT2D eigenvalue weighted by atomic mass is 32.2. The van der Waals surface area contributed by atoms with Crippen LogP contribution in [-0.4, -0.2) is 42.9 Å². The van der Waals surface area contributed by atoms with Crippen molar-refractivity contribution in [3.63, 3.8) is 0 Å². The average Bonchev–Trinajstić information content (AvgIpc) is 2.69. The second-order valence-electron chi connectivity index (χ2n) is 5.93. The lowest BCUT2D eigenvalue weighted by Crippen LogP contribution is -2.39. The van der Waals surface area contributed by atoms with Gasteiger partial charge in [0.25, 0.3) is 0 Å². The Hall–Kier alpha value is -1.11. The van der Waals surface area contributed by atoms with Gasteiger partial charge in [-0.3, -0.25) is 9.59 Å². The first-order chi connectivity index (χ1) is 9.35. The summed E-state index contributed by atoms with van der Waals surface area (Å²) in [6, 6.07) is 0.0381. The normalized spacial score (nSPS) is 32.7. The van der Waals surface area contributed by atoms with Gasteiger partial charge in [-0.2, -0.15) is 0 Å². The Morgan fingerprint density at radius 2 is 1.75 bits per heavy atom. The van der Waals surface area contributed by atoms with Crippen molar-refractivity contribution in [3.05, 3.63) is 0 Å². The summed E-state index contributed by atoms with van der Waals surface area (Å²) >= 11 is 0. The zero-order valence-corrected chi connectivity index (χ0v) is 12.2. The summed E-state index contributed by atoms with van der Waals surface area (Å²) in [5.41, 5.74) is 0. The Kier molecular flexibility index (Phi) is 4.67. The number of aliphatic carboxylic acids is 1. The van der Waals surface area contributed by atoms with Gasteiger partial charge in [-0.05, 0) is 38.0 Å². The van der Waals surface area contributed by atoms with Crippen LogP contribution in [0.1, 0.15) is 38.5 Å². The van der Waals surface area contributed by atoms with Crippen molar-refractivity contribution in [1.82, 2.24) is 5.32 Å². The Balaban J connectivity index is 1.72. The molecular weight excluding hydrogens is 282 g/mol. The zero-order chi connectivity index (χ0) is 14.8. The fraction of sp³-hybridized carbons (Fsp3) is 0.846. The van der Waals surface area contributed by atoms with Crippen LogP contribution >= 0.6 is 0 Å². The van der Waals surface area contributed by atoms with Crippen molar-refractivity contribution in [2.24, 2.45) is 11.8 Å². The van der Waals surface area contributed by atoms with Crippen LogP contribution in [0.25, 0.3) is 0 Å². The SMILES string of the molecule is O=C(CC1CCS(=O)(=O)C1)NC1CCC(C(=O)O)CC1. The summed E-state index contributed by atoms with van der Waals surface area (Å²) in [4.78, 5) is 22.7. The maximum Gasteiger partial charge on any atom is 0.306 e. The lowest BCUT2D eigenvalue weighted by molar-refractivity contribution is -0.142. The van der Waals surface area contributed by atoms with Crippen LogP contribution in [0.4, 0.5) is 0 Å². The first-order valence-corrected chi connectivity index (χ1v) is 8.90. The smallest absolute Gasteiger partial charge is 0.306 e. The lowest BCUT2D eigenvalue weighted by Gasteiger charge is -2.27. The van der Waals surface area contributed by atoms with Crippen molar-refractivity contribution in [2.45, 2.75) is 44.6 Å². The summed E-state index contributed by atoms with van der Waals surface area (Å²) in [5, 5.41) is 11.8. The first-order valence-electron chi connectivity index (χ1n) is 7.08. The van der Waals surface area contributed by atoms with Crippen LogP contribution in [-0.2, 0) is 19.4 Å². The fourth-order valence-corrected chi connectivity index (χ4v) is 4.93. The molecule has 1 heterocycles. The van der Waals surface area contributed by atoms with Crippen LogP contribution in [0.5, 0.6) is 0 Å². The van der Waals surface area contributed by atoms with E-state index in [4.69, 9.17) is 5.11 Å². The molecule has 2 rings (SSSR count). The number of carboxylic acids is 1. The van der Waals surface area contributed by atoms with Crippen molar-refractivity contribution in [1.29, 1.82) is 0 Å². The highest BCUT2D eigenvalue weighted by molar-refractivity contribution is 7.91. The molecule has 0 aromatic heterocycles. The van der Waals surface area contributed by atoms with Gasteiger partial charge in [0.05, 0.1) is 17.4 Å². The molecule has 0 aromatic carbocycles. The third-order valence-corrected chi connectivity index (χ3v) is 6.08. The van der Waals surface area contributed by atoms with Crippen LogP contribution < -0.4 is 5.32 Å². The van der Waals surface area contributed by atoms with Gasteiger partial charge in [-0.15, -0.1) is 0 Å². The van der Waals surface area contributed by atoms with Gasteiger partial charge in [0.1, 0.15) is 0 Å². The molecule has 0 bridgehead atoms. The minimum atomic E-state index is -2.94. The van der Waals surface area contributed by atoms with Gasteiger partial charge in [-0.1, -0.05) is 0 Å². The van der Waals surface area contributed by atoms with Gasteiger partial charge in [-0.25, -0.2) is 8.42 Å². The number of nitrogens with one attached hydrogen (secondary N) is 1. The highest BCUT2D eigenvalue weighted by Crippen LogP contribution is 2.25. The summed E-state index contributed by atoms with van der Waals surface area (Å²) < 4.78 is 22.7. The van der Waals surface area contributed by atoms with Crippen molar-refractivity contribution < 1.29 is 23.1 Å². The van der Waals surface area contributed by atoms with Crippen LogP contribution in [0, 0.1) is 11.8 Å². The van der Waals surface area contributed by atoms with E-state index in [9.17, 15) is 18.0 Å². The standard InChI is InChI=1S/C13H21NO5S/c15-12(7-9-5-6-20(18,19)8-9)14-11-3-1-10(2-4-11)13(16)17/h9-11H,1-8H2,(H,14,15)(H,16,17). The molecule has 6 nitrogen and oxygen atoms in total. The van der Waals surface area contributed by atoms with E-state index >= 15 is 0 Å². The largest absolute Gasteiger partial charge is 0.481 e. The molecule has 1 aliphatic carbocycles. The average molecular weight is 303 g/mol. The summed E-state index contributed by atoms with van der Waals surface area (Å²) in [5.74, 6) is -0.906. The molecule has 114 valence electrons. The predicted molar refractivity (Wildman–Crippen MR) is 72.9 cm³/mol. The van der Waals surface area contributed by atoms with E-state index in [2.05, 4.69) is 5.32 Å². The topological polar surface area (TPSA) is 101 Å². The van der Waals surface area contributed by atoms with Crippen molar-refractivity contribution >= 4 is 21.7 Å². The molecule has 1 atom stereocenters. The molecule has 2 fully saturated rings. The number of rotatable bonds is 4. The molecule has 1 amide bonds. The van der Waals surface area contributed by atoms with E-state index in [-0.39, 0.29) is 41.7 Å². The van der Waals surface area contributed by atoms with Gasteiger partial charge in [0.2, 0.25) is 5.91 Å². The van der Waals surface area contributed by atoms with E-state index in [1.54, 1.807) is 0 Å². The van der Waals surface area contributed by atoms with E-state index in [0.717, 1.165) is 0 Å². The number of hydrogen-bond donors (Lipinski definition) is 2. The maximum atomic E-state index is 11.9. The third kappa shape index (κ3) is 4.19. The van der Waals surface area contributed by atoms with Crippen LogP contribution in [0.15, 0.2) is 0 Å². The molecule has 2 aliphatic rings. The molecule has 7 heteroatoms. The molecule has 1 saturated carbocycles. The molecule has 0 spiro atoms. The van der Waals surface area contributed by atoms with Gasteiger partial charge < -0.3 is 10.4 Å². The number of carboxylic acid groups (broad SMARTS) is 1. The quantitative estimate of drug-likeness (QED) is 0.791. The number of hydrogen-bond acceptors (Lipinski definition) is 4. The lowest BCUT2D eigenvalue weighted by atomic mass is 9.86. The third-order valence-electron chi connectivity index (χ3n) is 4.24. The van der Waals surface area contributed by atoms with Gasteiger partial charge in [0.15, 0.2) is 9.84 Å². The first kappa shape index (κ1) is 15.3. The van der Waals surface area contributed by atoms with Crippen molar-refractivity contribution in [2.75, 3.05) is 11.5 Å². The second-order valence-corrected chi connectivity index (χ2v) is 8.16. The Morgan fingerprint density at radius 1 is 1.10 bits per heavy atom. The maximum absolute atomic E-state index is 11.9. The zero-order valence-electron chi connectivity index (χ0n) is 11.4. The second kappa shape index (κ2) is 6.11. The Bertz CT molecular complexity index is 479. The highest BCUT2D eigenvalue weighted by Gasteiger charge is 2.31. The van der Waals surface area contributed by atoms with Crippen molar-refractivity contribution in [3.8, 4) is 0 Å². The molecule has 20 heavy (non-hydrogen) atoms. The van der Waals surface area contributed by atoms with Gasteiger partial charge in [0, 0.05) is 12.5 Å². The number of amides is 1. The molecule has 0 aromatic rings. The number of carbonyl (C=O) groups excluding carboxylic acids is 1. The Labute approximate surface area is 118 Å². The van der Waals surface area contributed by atoms with E-state index in [0.29, 0.717) is 32.1 Å². The molecular formula is C13H21NO5S. The van der Waals surface area contributed by atoms with E-state index in [1.165, 1.54) is 0 Å². The summed E-state index contributed by atoms with van der Waals surface area (Å²) in [6.07, 6.45) is 3.40. The van der Waals surface area contributed by atoms with Crippen LogP contribution in [0.2, 0.25) is 0 Å². The summed E-state index contributed by atoms with van der Waals surface area (Å²) in [7, 11) is -2.94. The van der Waals surface area contributed by atoms with E-state index in [1.807, 2.05) is 0 Å². The number of sulfone groups is 1. The molecule has 2 N–H and O–H groups in total. The fourth-order valence-electron chi connectivity index (χ4n) is 3.07. The predicted octanol–water partition coefficient (Wildman–Crippen LogP) is 0.571. The summed E-state index contributed by atoms with van der Waals surface area (Å²) in [6.45, 7) is 0.